The molecule has 2 nitrogen and oxygen atoms in total. The Kier molecular flexibility index (Phi) is 11.7. The van der Waals surface area contributed by atoms with E-state index < -0.39 is 0 Å². The van der Waals surface area contributed by atoms with E-state index in [-0.39, 0.29) is 16.2 Å². The summed E-state index contributed by atoms with van der Waals surface area (Å²) in [5.41, 5.74) is 9.88. The summed E-state index contributed by atoms with van der Waals surface area (Å²) in [4.78, 5) is 0. The van der Waals surface area contributed by atoms with Crippen molar-refractivity contribution in [3.8, 4) is 11.5 Å². The minimum Gasteiger partial charge on any atom is -0.508 e. The molecule has 0 heterocycles. The van der Waals surface area contributed by atoms with Crippen LogP contribution in [0.1, 0.15) is 110 Å². The fourth-order valence-corrected chi connectivity index (χ4v) is 10.3. The normalized spacial score (nSPS) is 17.5. The maximum absolute atomic E-state index is 10.7. The number of hydrogen-bond donors (Lipinski definition) is 2. The van der Waals surface area contributed by atoms with Crippen LogP contribution < -0.4 is 0 Å². The van der Waals surface area contributed by atoms with Crippen molar-refractivity contribution >= 4 is 0 Å². The molecule has 0 atom stereocenters. The van der Waals surface area contributed by atoms with Gasteiger partial charge in [0.2, 0.25) is 0 Å². The van der Waals surface area contributed by atoms with Gasteiger partial charge >= 0.3 is 0 Å². The summed E-state index contributed by atoms with van der Waals surface area (Å²) < 4.78 is 0. The summed E-state index contributed by atoms with van der Waals surface area (Å²) in [5, 5.41) is 21.4. The van der Waals surface area contributed by atoms with Crippen LogP contribution in [0, 0.1) is 17.3 Å². The summed E-state index contributed by atoms with van der Waals surface area (Å²) in [6, 6.07) is 31.0. The van der Waals surface area contributed by atoms with Crippen molar-refractivity contribution in [1.82, 2.24) is 0 Å². The minimum atomic E-state index is -0.200. The Morgan fingerprint density at radius 2 is 0.887 bits per heavy atom. The molecule has 0 aliphatic heterocycles. The van der Waals surface area contributed by atoms with Gasteiger partial charge in [-0.25, -0.2) is 0 Å². The van der Waals surface area contributed by atoms with Gasteiger partial charge in [0.05, 0.1) is 0 Å². The zero-order chi connectivity index (χ0) is 37.6. The van der Waals surface area contributed by atoms with E-state index in [9.17, 15) is 10.2 Å². The van der Waals surface area contributed by atoms with Gasteiger partial charge in [-0.2, -0.15) is 0 Å². The number of rotatable bonds is 14. The molecule has 2 N–H and O–H groups in total. The van der Waals surface area contributed by atoms with Crippen molar-refractivity contribution in [2.45, 2.75) is 102 Å². The Balaban J connectivity index is 1.28. The van der Waals surface area contributed by atoms with Gasteiger partial charge in [0.25, 0.3) is 0 Å². The predicted molar refractivity (Wildman–Crippen MR) is 224 cm³/mol. The Morgan fingerprint density at radius 3 is 1.25 bits per heavy atom. The van der Waals surface area contributed by atoms with Crippen LogP contribution in [-0.4, -0.2) is 10.2 Å². The lowest BCUT2D eigenvalue weighted by Crippen LogP contribution is -2.43. The first-order chi connectivity index (χ1) is 25.6. The quantitative estimate of drug-likeness (QED) is 0.128. The molecule has 276 valence electrons. The molecule has 0 saturated heterocycles. The standard InChI is InChI=1S/C51H60O2/c1-7-13-37-17-11-19-43(33-37)50(44-20-12-18-38(34-44)14-8-2)29-25-41(26-30-50)49(5,6)42-27-31-51(32-28-42,45-21-23-47(52)39(35-45)15-9-3)46-22-24-48(53)40(36-46)16-10-4/h7-12,17-24,33-36,41-42,52-53H,1-4,13-16,25-32H2,5-6H3. The fourth-order valence-electron chi connectivity index (χ4n) is 10.3. The highest BCUT2D eigenvalue weighted by Crippen LogP contribution is 2.57. The van der Waals surface area contributed by atoms with E-state index in [0.717, 1.165) is 62.5 Å². The van der Waals surface area contributed by atoms with Gasteiger partial charge in [0.1, 0.15) is 11.5 Å². The van der Waals surface area contributed by atoms with Gasteiger partial charge in [-0.15, -0.1) is 26.3 Å². The topological polar surface area (TPSA) is 40.5 Å². The molecule has 2 heteroatoms. The molecular weight excluding hydrogens is 645 g/mol. The van der Waals surface area contributed by atoms with E-state index in [1.807, 2.05) is 36.4 Å². The first-order valence-electron chi connectivity index (χ1n) is 19.9. The highest BCUT2D eigenvalue weighted by Gasteiger charge is 2.48. The van der Waals surface area contributed by atoms with Crippen molar-refractivity contribution in [2.75, 3.05) is 0 Å². The van der Waals surface area contributed by atoms with Crippen LogP contribution in [0.15, 0.2) is 136 Å². The molecule has 4 aromatic rings. The molecule has 2 fully saturated rings. The number of hydrogen-bond acceptors (Lipinski definition) is 2. The number of aromatic hydroxyl groups is 2. The van der Waals surface area contributed by atoms with Gasteiger partial charge in [-0.1, -0.05) is 111 Å². The van der Waals surface area contributed by atoms with Gasteiger partial charge in [-0.05, 0) is 151 Å². The van der Waals surface area contributed by atoms with Crippen LogP contribution in [0.2, 0.25) is 0 Å². The van der Waals surface area contributed by atoms with Gasteiger partial charge in [-0.3, -0.25) is 0 Å². The average Bonchev–Trinajstić information content (AvgIpc) is 3.17. The third-order valence-corrected chi connectivity index (χ3v) is 13.5. The average molecular weight is 705 g/mol. The Bertz CT molecular complexity index is 1810. The van der Waals surface area contributed by atoms with E-state index in [2.05, 4.69) is 113 Å². The maximum Gasteiger partial charge on any atom is 0.119 e. The lowest BCUT2D eigenvalue weighted by Gasteiger charge is -2.52. The molecule has 0 bridgehead atoms. The third-order valence-electron chi connectivity index (χ3n) is 13.5. The number of benzene rings is 4. The van der Waals surface area contributed by atoms with Gasteiger partial charge < -0.3 is 10.2 Å². The minimum absolute atomic E-state index is 0.00726. The van der Waals surface area contributed by atoms with Crippen LogP contribution in [0.3, 0.4) is 0 Å². The molecule has 2 saturated carbocycles. The SMILES string of the molecule is C=CCc1cccc(C2(c3cccc(CC=C)c3)CCC(C(C)(C)C3CCC(c4ccc(O)c(CC=C)c4)(c4ccc(O)c(CC=C)c4)CC3)CC2)c1. The molecule has 0 radical (unpaired) electrons. The molecule has 0 spiro atoms. The van der Waals surface area contributed by atoms with Gasteiger partial charge in [0.15, 0.2) is 0 Å². The molecule has 0 amide bonds. The Labute approximate surface area is 319 Å². The van der Waals surface area contributed by atoms with Crippen molar-refractivity contribution in [2.24, 2.45) is 17.3 Å². The van der Waals surface area contributed by atoms with E-state index in [4.69, 9.17) is 0 Å². The van der Waals surface area contributed by atoms with Crippen molar-refractivity contribution in [3.05, 3.63) is 180 Å². The number of phenolic OH excluding ortho intramolecular Hbond substituents is 2. The van der Waals surface area contributed by atoms with Crippen molar-refractivity contribution < 1.29 is 10.2 Å². The summed E-state index contributed by atoms with van der Waals surface area (Å²) in [5.74, 6) is 1.89. The molecule has 53 heavy (non-hydrogen) atoms. The summed E-state index contributed by atoms with van der Waals surface area (Å²) in [6.45, 7) is 21.1. The Morgan fingerprint density at radius 1 is 0.528 bits per heavy atom. The lowest BCUT2D eigenvalue weighted by molar-refractivity contribution is 0.0364. The molecule has 2 aliphatic rings. The zero-order valence-corrected chi connectivity index (χ0v) is 32.3. The Hall–Kier alpha value is -4.56. The second kappa shape index (κ2) is 16.2. The summed E-state index contributed by atoms with van der Waals surface area (Å²) in [7, 11) is 0. The highest BCUT2D eigenvalue weighted by molar-refractivity contribution is 5.49. The second-order valence-corrected chi connectivity index (χ2v) is 16.6. The summed E-state index contributed by atoms with van der Waals surface area (Å²) >= 11 is 0. The van der Waals surface area contributed by atoms with Crippen LogP contribution in [0.25, 0.3) is 0 Å². The summed E-state index contributed by atoms with van der Waals surface area (Å²) in [6.07, 6.45) is 19.8. The molecule has 6 rings (SSSR count). The number of phenols is 2. The molecule has 0 aromatic heterocycles. The van der Waals surface area contributed by atoms with Crippen molar-refractivity contribution in [3.63, 3.8) is 0 Å². The zero-order valence-electron chi connectivity index (χ0n) is 32.3. The molecule has 4 aromatic carbocycles. The first kappa shape index (κ1) is 38.2. The molecule has 2 aliphatic carbocycles. The van der Waals surface area contributed by atoms with Crippen LogP contribution in [0.4, 0.5) is 0 Å². The maximum atomic E-state index is 10.7. The van der Waals surface area contributed by atoms with Crippen LogP contribution >= 0.6 is 0 Å². The monoisotopic (exact) mass is 704 g/mol. The highest BCUT2D eigenvalue weighted by atomic mass is 16.3. The third kappa shape index (κ3) is 7.61. The van der Waals surface area contributed by atoms with E-state index >= 15 is 0 Å². The number of allylic oxidation sites excluding steroid dienone is 4. The van der Waals surface area contributed by atoms with Gasteiger partial charge in [0, 0.05) is 10.8 Å². The fraction of sp³-hybridized carbons (Fsp3) is 0.373. The largest absolute Gasteiger partial charge is 0.508 e. The second-order valence-electron chi connectivity index (χ2n) is 16.6. The van der Waals surface area contributed by atoms with Crippen LogP contribution in [0.5, 0.6) is 11.5 Å². The first-order valence-corrected chi connectivity index (χ1v) is 19.9. The molecule has 0 unspecified atom stereocenters. The van der Waals surface area contributed by atoms with Crippen LogP contribution in [-0.2, 0) is 36.5 Å². The predicted octanol–water partition coefficient (Wildman–Crippen LogP) is 12.7. The van der Waals surface area contributed by atoms with E-state index in [1.54, 1.807) is 0 Å². The lowest BCUT2D eigenvalue weighted by atomic mass is 9.53. The van der Waals surface area contributed by atoms with E-state index in [0.29, 0.717) is 36.2 Å². The smallest absolute Gasteiger partial charge is 0.119 e. The van der Waals surface area contributed by atoms with Crippen molar-refractivity contribution in [1.29, 1.82) is 0 Å². The van der Waals surface area contributed by atoms with E-state index in [1.165, 1.54) is 46.2 Å². The molecular formula is C51H60O2.